The third-order valence-corrected chi connectivity index (χ3v) is 4.69. The van der Waals surface area contributed by atoms with Gasteiger partial charge in [-0.15, -0.1) is 0 Å². The molecule has 4 aromatic rings. The van der Waals surface area contributed by atoms with E-state index in [9.17, 15) is 9.65 Å². The lowest BCUT2D eigenvalue weighted by atomic mass is 10.1. The molecule has 3 aromatic carbocycles. The smallest absolute Gasteiger partial charge is 0.151 e. The fourth-order valence-corrected chi connectivity index (χ4v) is 3.14. The molecule has 0 aliphatic rings. The minimum Gasteiger partial charge on any atom is -0.489 e. The van der Waals surface area contributed by atoms with Gasteiger partial charge in [-0.2, -0.15) is 5.26 Å². The van der Waals surface area contributed by atoms with Crippen molar-refractivity contribution in [2.45, 2.75) is 6.61 Å². The molecule has 4 rings (SSSR count). The lowest BCUT2D eigenvalue weighted by molar-refractivity contribution is 0.300. The molecule has 1 heterocycles. The second kappa shape index (κ2) is 7.99. The van der Waals surface area contributed by atoms with Crippen LogP contribution in [0.5, 0.6) is 5.75 Å². The lowest BCUT2D eigenvalue weighted by Gasteiger charge is -2.07. The van der Waals surface area contributed by atoms with Crippen molar-refractivity contribution in [3.63, 3.8) is 0 Å². The highest BCUT2D eigenvalue weighted by Gasteiger charge is 2.11. The van der Waals surface area contributed by atoms with Crippen molar-refractivity contribution in [2.75, 3.05) is 0 Å². The second-order valence-electron chi connectivity index (χ2n) is 6.60. The average molecular weight is 383 g/mol. The molecule has 0 N–H and O–H groups in total. The Hall–Kier alpha value is -3.91. The van der Waals surface area contributed by atoms with E-state index in [4.69, 9.17) is 4.74 Å². The maximum Gasteiger partial charge on any atom is 0.151 e. The van der Waals surface area contributed by atoms with Crippen LogP contribution in [0.3, 0.4) is 0 Å². The number of rotatable bonds is 5. The molecule has 0 unspecified atom stereocenters. The van der Waals surface area contributed by atoms with Crippen LogP contribution in [-0.4, -0.2) is 9.55 Å². The number of hydrogen-bond donors (Lipinski definition) is 0. The highest BCUT2D eigenvalue weighted by atomic mass is 19.1. The predicted molar refractivity (Wildman–Crippen MR) is 111 cm³/mol. The van der Waals surface area contributed by atoms with Crippen LogP contribution in [-0.2, 0) is 13.7 Å². The van der Waals surface area contributed by atoms with E-state index in [-0.39, 0.29) is 12.4 Å². The molecule has 0 amide bonds. The first-order chi connectivity index (χ1) is 14.2. The number of benzene rings is 3. The fourth-order valence-electron chi connectivity index (χ4n) is 3.14. The Morgan fingerprint density at radius 2 is 1.79 bits per heavy atom. The predicted octanol–water partition coefficient (Wildman–Crippen LogP) is 5.36. The van der Waals surface area contributed by atoms with Crippen molar-refractivity contribution in [1.82, 2.24) is 9.55 Å². The molecule has 0 aliphatic heterocycles. The maximum absolute atomic E-state index is 13.7. The van der Waals surface area contributed by atoms with Crippen LogP contribution in [0.4, 0.5) is 4.39 Å². The molecule has 0 fully saturated rings. The maximum atomic E-state index is 13.7. The Bertz CT molecular complexity index is 1230. The summed E-state index contributed by atoms with van der Waals surface area (Å²) in [4.78, 5) is 4.58. The molecular weight excluding hydrogens is 365 g/mol. The van der Waals surface area contributed by atoms with E-state index in [0.29, 0.717) is 22.7 Å². The van der Waals surface area contributed by atoms with Gasteiger partial charge in [0, 0.05) is 12.6 Å². The van der Waals surface area contributed by atoms with E-state index in [0.717, 1.165) is 16.6 Å². The summed E-state index contributed by atoms with van der Waals surface area (Å²) in [7, 11) is 1.90. The van der Waals surface area contributed by atoms with Crippen LogP contribution in [0, 0.1) is 17.1 Å². The molecule has 0 saturated heterocycles. The van der Waals surface area contributed by atoms with Gasteiger partial charge in [0.2, 0.25) is 0 Å². The standard InChI is InChI=1S/C24H18FN3O/c1-28-23-9-5-4-8-22(23)27-24(28)19(15-26)14-17-10-12-20(13-11-17)29-16-18-6-2-3-7-21(18)25/h2-14H,16H2,1H3/b19-14+. The van der Waals surface area contributed by atoms with Gasteiger partial charge in [0.25, 0.3) is 0 Å². The quantitative estimate of drug-likeness (QED) is 0.436. The third-order valence-electron chi connectivity index (χ3n) is 4.69. The Morgan fingerprint density at radius 1 is 1.07 bits per heavy atom. The molecule has 29 heavy (non-hydrogen) atoms. The highest BCUT2D eigenvalue weighted by molar-refractivity contribution is 5.90. The number of aromatic nitrogens is 2. The summed E-state index contributed by atoms with van der Waals surface area (Å²) in [5, 5.41) is 9.65. The van der Waals surface area contributed by atoms with E-state index >= 15 is 0 Å². The number of ether oxygens (including phenoxy) is 1. The summed E-state index contributed by atoms with van der Waals surface area (Å²) in [6.45, 7) is 0.158. The fraction of sp³-hybridized carbons (Fsp3) is 0.0833. The van der Waals surface area contributed by atoms with Gasteiger partial charge >= 0.3 is 0 Å². The van der Waals surface area contributed by atoms with Gasteiger partial charge in [0.1, 0.15) is 24.2 Å². The number of imidazole rings is 1. The Labute approximate surface area is 168 Å². The zero-order valence-electron chi connectivity index (χ0n) is 15.8. The first-order valence-corrected chi connectivity index (χ1v) is 9.15. The van der Waals surface area contributed by atoms with Gasteiger partial charge < -0.3 is 9.30 Å². The molecule has 0 aliphatic carbocycles. The van der Waals surface area contributed by atoms with Crippen LogP contribution in [0.25, 0.3) is 22.7 Å². The Balaban J connectivity index is 1.54. The lowest BCUT2D eigenvalue weighted by Crippen LogP contribution is -1.98. The van der Waals surface area contributed by atoms with Crippen molar-refractivity contribution in [1.29, 1.82) is 5.26 Å². The Kier molecular flexibility index (Phi) is 5.08. The van der Waals surface area contributed by atoms with Gasteiger partial charge in [-0.05, 0) is 42.0 Å². The largest absolute Gasteiger partial charge is 0.489 e. The molecule has 5 heteroatoms. The van der Waals surface area contributed by atoms with E-state index in [1.165, 1.54) is 6.07 Å². The Morgan fingerprint density at radius 3 is 2.52 bits per heavy atom. The molecule has 142 valence electrons. The van der Waals surface area contributed by atoms with Gasteiger partial charge in [0.15, 0.2) is 5.82 Å². The molecule has 0 bridgehead atoms. The first-order valence-electron chi connectivity index (χ1n) is 9.15. The van der Waals surface area contributed by atoms with Gasteiger partial charge in [-0.3, -0.25) is 0 Å². The molecule has 0 atom stereocenters. The van der Waals surface area contributed by atoms with E-state index in [1.807, 2.05) is 48.0 Å². The van der Waals surface area contributed by atoms with Crippen LogP contribution in [0.15, 0.2) is 72.8 Å². The molecule has 1 aromatic heterocycles. The van der Waals surface area contributed by atoms with E-state index in [1.54, 1.807) is 36.4 Å². The van der Waals surface area contributed by atoms with Crippen molar-refractivity contribution >= 4 is 22.7 Å². The summed E-state index contributed by atoms with van der Waals surface area (Å²) >= 11 is 0. The van der Waals surface area contributed by atoms with Crippen molar-refractivity contribution in [3.8, 4) is 11.8 Å². The minimum atomic E-state index is -0.284. The average Bonchev–Trinajstić information content (AvgIpc) is 3.09. The first kappa shape index (κ1) is 18.5. The number of fused-ring (bicyclic) bond motifs is 1. The van der Waals surface area contributed by atoms with E-state index in [2.05, 4.69) is 11.1 Å². The molecular formula is C24H18FN3O. The number of nitriles is 1. The van der Waals surface area contributed by atoms with Crippen molar-refractivity contribution in [2.24, 2.45) is 7.05 Å². The van der Waals surface area contributed by atoms with Gasteiger partial charge in [0.05, 0.1) is 16.6 Å². The number of hydrogen-bond acceptors (Lipinski definition) is 3. The summed E-state index contributed by atoms with van der Waals surface area (Å²) in [5.41, 5.74) is 3.66. The molecule has 0 radical (unpaired) electrons. The number of para-hydroxylation sites is 2. The zero-order chi connectivity index (χ0) is 20.2. The van der Waals surface area contributed by atoms with Crippen molar-refractivity contribution in [3.05, 3.63) is 95.6 Å². The van der Waals surface area contributed by atoms with Crippen molar-refractivity contribution < 1.29 is 9.13 Å². The van der Waals surface area contributed by atoms with Gasteiger partial charge in [-0.25, -0.2) is 9.37 Å². The number of nitrogens with zero attached hydrogens (tertiary/aromatic N) is 3. The topological polar surface area (TPSA) is 50.8 Å². The zero-order valence-corrected chi connectivity index (χ0v) is 15.8. The number of allylic oxidation sites excluding steroid dienone is 1. The SMILES string of the molecule is Cn1c(/C(C#N)=C/c2ccc(OCc3ccccc3F)cc2)nc2ccccc21. The highest BCUT2D eigenvalue weighted by Crippen LogP contribution is 2.23. The number of aryl methyl sites for hydroxylation is 1. The summed E-state index contributed by atoms with van der Waals surface area (Å²) in [6, 6.07) is 23.9. The third kappa shape index (κ3) is 3.87. The van der Waals surface area contributed by atoms with Crippen LogP contribution < -0.4 is 4.74 Å². The molecule has 4 nitrogen and oxygen atoms in total. The second-order valence-corrected chi connectivity index (χ2v) is 6.60. The monoisotopic (exact) mass is 383 g/mol. The van der Waals surface area contributed by atoms with Gasteiger partial charge in [-0.1, -0.05) is 42.5 Å². The molecule has 0 saturated carbocycles. The summed E-state index contributed by atoms with van der Waals surface area (Å²) < 4.78 is 21.3. The van der Waals surface area contributed by atoms with Crippen LogP contribution >= 0.6 is 0 Å². The molecule has 0 spiro atoms. The summed E-state index contributed by atoms with van der Waals surface area (Å²) in [6.07, 6.45) is 1.79. The number of halogens is 1. The summed E-state index contributed by atoms with van der Waals surface area (Å²) in [5.74, 6) is 0.966. The van der Waals surface area contributed by atoms with Crippen LogP contribution in [0.1, 0.15) is 17.0 Å². The van der Waals surface area contributed by atoms with Crippen LogP contribution in [0.2, 0.25) is 0 Å². The minimum absolute atomic E-state index is 0.158. The normalized spacial score (nSPS) is 11.4. The van der Waals surface area contributed by atoms with E-state index < -0.39 is 0 Å².